The van der Waals surface area contributed by atoms with Gasteiger partial charge in [0.05, 0.1) is 22.8 Å². The van der Waals surface area contributed by atoms with E-state index in [9.17, 15) is 13.2 Å². The standard InChI is InChI=1S/C22H24N4O3S/c1-2-15-10-11-16(21-18-8-3-4-9-19(18)22(27)26-25-21)13-20(15)30(28,29)24-14-17-7-5-6-12-23-17/h5-7,10-13,24H,2-4,8-9,14H2,1H3,(H,26,27). The number of H-pyrrole nitrogens is 1. The van der Waals surface area contributed by atoms with Gasteiger partial charge in [0, 0.05) is 17.3 Å². The number of hydrogen-bond acceptors (Lipinski definition) is 5. The van der Waals surface area contributed by atoms with Crippen LogP contribution < -0.4 is 10.3 Å². The van der Waals surface area contributed by atoms with Crippen LogP contribution in [0.5, 0.6) is 0 Å². The van der Waals surface area contributed by atoms with Gasteiger partial charge in [0.2, 0.25) is 10.0 Å². The lowest BCUT2D eigenvalue weighted by molar-refractivity contribution is 0.579. The van der Waals surface area contributed by atoms with Crippen LogP contribution in [-0.2, 0) is 35.8 Å². The molecule has 0 fully saturated rings. The summed E-state index contributed by atoms with van der Waals surface area (Å²) in [4.78, 5) is 16.6. The van der Waals surface area contributed by atoms with Crippen LogP contribution in [0.1, 0.15) is 42.1 Å². The second-order valence-electron chi connectivity index (χ2n) is 7.39. The van der Waals surface area contributed by atoms with Crippen molar-refractivity contribution in [3.63, 3.8) is 0 Å². The Kier molecular flexibility index (Phi) is 5.78. The van der Waals surface area contributed by atoms with Crippen molar-refractivity contribution in [2.45, 2.75) is 50.5 Å². The molecule has 2 heterocycles. The van der Waals surface area contributed by atoms with E-state index >= 15 is 0 Å². The topological polar surface area (TPSA) is 105 Å². The maximum absolute atomic E-state index is 13.1. The minimum atomic E-state index is -3.75. The number of benzene rings is 1. The van der Waals surface area contributed by atoms with Gasteiger partial charge < -0.3 is 0 Å². The molecule has 2 aromatic heterocycles. The molecule has 1 aliphatic rings. The monoisotopic (exact) mass is 424 g/mol. The van der Waals surface area contributed by atoms with Gasteiger partial charge in [0.25, 0.3) is 5.56 Å². The van der Waals surface area contributed by atoms with Crippen LogP contribution in [0.3, 0.4) is 0 Å². The van der Waals surface area contributed by atoms with Crippen molar-refractivity contribution in [3.8, 4) is 11.3 Å². The predicted molar refractivity (Wildman–Crippen MR) is 115 cm³/mol. The number of aromatic amines is 1. The van der Waals surface area contributed by atoms with E-state index in [1.165, 1.54) is 0 Å². The smallest absolute Gasteiger partial charge is 0.267 e. The molecule has 0 saturated carbocycles. The number of aryl methyl sites for hydroxylation is 1. The minimum absolute atomic E-state index is 0.114. The molecule has 0 atom stereocenters. The second-order valence-corrected chi connectivity index (χ2v) is 9.12. The Balaban J connectivity index is 1.74. The van der Waals surface area contributed by atoms with Crippen LogP contribution in [0.2, 0.25) is 0 Å². The van der Waals surface area contributed by atoms with Crippen LogP contribution in [0.25, 0.3) is 11.3 Å². The fraction of sp³-hybridized carbons (Fsp3) is 0.318. The minimum Gasteiger partial charge on any atom is -0.268 e. The number of nitrogens with one attached hydrogen (secondary N) is 2. The van der Waals surface area contributed by atoms with E-state index < -0.39 is 10.0 Å². The van der Waals surface area contributed by atoms with Gasteiger partial charge in [0.1, 0.15) is 0 Å². The van der Waals surface area contributed by atoms with Gasteiger partial charge in [-0.15, -0.1) is 0 Å². The fourth-order valence-electron chi connectivity index (χ4n) is 3.89. The Morgan fingerprint density at radius 3 is 2.63 bits per heavy atom. The molecule has 0 bridgehead atoms. The Bertz CT molecular complexity index is 1220. The first-order valence-electron chi connectivity index (χ1n) is 10.1. The lowest BCUT2D eigenvalue weighted by atomic mass is 9.89. The highest BCUT2D eigenvalue weighted by Crippen LogP contribution is 2.30. The third-order valence-corrected chi connectivity index (χ3v) is 6.96. The molecule has 4 rings (SSSR count). The molecule has 7 nitrogen and oxygen atoms in total. The van der Waals surface area contributed by atoms with Gasteiger partial charge in [-0.05, 0) is 61.4 Å². The van der Waals surface area contributed by atoms with E-state index in [1.54, 1.807) is 24.4 Å². The summed E-state index contributed by atoms with van der Waals surface area (Å²) in [7, 11) is -3.75. The van der Waals surface area contributed by atoms with Crippen molar-refractivity contribution in [1.82, 2.24) is 19.9 Å². The van der Waals surface area contributed by atoms with Crippen LogP contribution in [0.4, 0.5) is 0 Å². The molecular weight excluding hydrogens is 400 g/mol. The van der Waals surface area contributed by atoms with Crippen molar-refractivity contribution < 1.29 is 8.42 Å². The number of hydrogen-bond donors (Lipinski definition) is 2. The van der Waals surface area contributed by atoms with Crippen molar-refractivity contribution in [3.05, 3.63) is 75.3 Å². The molecule has 8 heteroatoms. The molecular formula is C22H24N4O3S. The average molecular weight is 425 g/mol. The van der Waals surface area contributed by atoms with Crippen LogP contribution >= 0.6 is 0 Å². The lowest BCUT2D eigenvalue weighted by Crippen LogP contribution is -2.25. The van der Waals surface area contributed by atoms with E-state index in [2.05, 4.69) is 19.9 Å². The van der Waals surface area contributed by atoms with Crippen molar-refractivity contribution >= 4 is 10.0 Å². The van der Waals surface area contributed by atoms with Gasteiger partial charge in [-0.1, -0.05) is 25.1 Å². The number of rotatable bonds is 6. The first kappa shape index (κ1) is 20.4. The first-order chi connectivity index (χ1) is 14.5. The predicted octanol–water partition coefficient (Wildman–Crippen LogP) is 2.75. The molecule has 0 aliphatic heterocycles. The first-order valence-corrected chi connectivity index (χ1v) is 11.6. The highest BCUT2D eigenvalue weighted by atomic mass is 32.2. The van der Waals surface area contributed by atoms with Gasteiger partial charge in [-0.3, -0.25) is 9.78 Å². The van der Waals surface area contributed by atoms with Gasteiger partial charge in [-0.25, -0.2) is 18.2 Å². The molecule has 2 N–H and O–H groups in total. The second kappa shape index (κ2) is 8.49. The zero-order valence-corrected chi connectivity index (χ0v) is 17.6. The number of fused-ring (bicyclic) bond motifs is 1. The summed E-state index contributed by atoms with van der Waals surface area (Å²) in [6, 6.07) is 10.7. The molecule has 3 aromatic rings. The molecule has 156 valence electrons. The Hall–Kier alpha value is -2.84. The Morgan fingerprint density at radius 1 is 1.10 bits per heavy atom. The summed E-state index contributed by atoms with van der Waals surface area (Å²) in [6.07, 6.45) is 5.69. The third kappa shape index (κ3) is 4.06. The number of sulfonamides is 1. The number of aromatic nitrogens is 3. The maximum atomic E-state index is 13.1. The molecule has 30 heavy (non-hydrogen) atoms. The lowest BCUT2D eigenvalue weighted by Gasteiger charge is -2.18. The SMILES string of the molecule is CCc1ccc(-c2n[nH]c(=O)c3c2CCCC3)cc1S(=O)(=O)NCc1ccccn1. The quantitative estimate of drug-likeness (QED) is 0.633. The highest BCUT2D eigenvalue weighted by Gasteiger charge is 2.22. The van der Waals surface area contributed by atoms with Crippen LogP contribution in [0.15, 0.2) is 52.3 Å². The average Bonchev–Trinajstić information content (AvgIpc) is 2.78. The summed E-state index contributed by atoms with van der Waals surface area (Å²) >= 11 is 0. The highest BCUT2D eigenvalue weighted by molar-refractivity contribution is 7.89. The Labute approximate surface area is 175 Å². The third-order valence-electron chi connectivity index (χ3n) is 5.48. The molecule has 0 spiro atoms. The summed E-state index contributed by atoms with van der Waals surface area (Å²) in [5, 5.41) is 6.85. The van der Waals surface area contributed by atoms with E-state index in [-0.39, 0.29) is 17.0 Å². The van der Waals surface area contributed by atoms with E-state index in [1.807, 2.05) is 25.1 Å². The maximum Gasteiger partial charge on any atom is 0.267 e. The van der Waals surface area contributed by atoms with Gasteiger partial charge in [-0.2, -0.15) is 5.10 Å². The largest absolute Gasteiger partial charge is 0.268 e. The number of pyridine rings is 1. The van der Waals surface area contributed by atoms with E-state index in [0.717, 1.165) is 42.4 Å². The zero-order chi connectivity index (χ0) is 21.1. The van der Waals surface area contributed by atoms with Gasteiger partial charge in [0.15, 0.2) is 0 Å². The zero-order valence-electron chi connectivity index (χ0n) is 16.8. The molecule has 0 amide bonds. The normalized spacial score (nSPS) is 13.8. The van der Waals surface area contributed by atoms with Crippen molar-refractivity contribution in [2.75, 3.05) is 0 Å². The molecule has 0 saturated heterocycles. The molecule has 1 aliphatic carbocycles. The van der Waals surface area contributed by atoms with Gasteiger partial charge >= 0.3 is 0 Å². The fourth-order valence-corrected chi connectivity index (χ4v) is 5.22. The summed E-state index contributed by atoms with van der Waals surface area (Å²) in [6.45, 7) is 2.04. The molecule has 0 radical (unpaired) electrons. The van der Waals surface area contributed by atoms with Crippen molar-refractivity contribution in [2.24, 2.45) is 0 Å². The van der Waals surface area contributed by atoms with Crippen LogP contribution in [0, 0.1) is 0 Å². The number of nitrogens with zero attached hydrogens (tertiary/aromatic N) is 2. The molecule has 0 unspecified atom stereocenters. The van der Waals surface area contributed by atoms with E-state index in [0.29, 0.717) is 23.4 Å². The summed E-state index contributed by atoms with van der Waals surface area (Å²) < 4.78 is 28.8. The molecule has 1 aromatic carbocycles. The summed E-state index contributed by atoms with van der Waals surface area (Å²) in [5.74, 6) is 0. The van der Waals surface area contributed by atoms with E-state index in [4.69, 9.17) is 0 Å². The summed E-state index contributed by atoms with van der Waals surface area (Å²) in [5.41, 5.74) is 4.27. The van der Waals surface area contributed by atoms with Crippen LogP contribution in [-0.4, -0.2) is 23.6 Å². The van der Waals surface area contributed by atoms with Crippen molar-refractivity contribution in [1.29, 1.82) is 0 Å². The Morgan fingerprint density at radius 2 is 1.90 bits per heavy atom.